The molecule has 7 heteroatoms. The summed E-state index contributed by atoms with van der Waals surface area (Å²) in [6.07, 6.45) is -5.13. The number of carbonyl (C=O) groups is 1. The molecule has 0 saturated carbocycles. The van der Waals surface area contributed by atoms with Crippen molar-refractivity contribution in [3.05, 3.63) is 54.1 Å². The van der Waals surface area contributed by atoms with Crippen LogP contribution in [0.3, 0.4) is 0 Å². The Morgan fingerprint density at radius 1 is 0.960 bits per heavy atom. The fourth-order valence-electron chi connectivity index (χ4n) is 1.95. The first-order valence-corrected chi connectivity index (χ1v) is 7.58. The van der Waals surface area contributed by atoms with Crippen LogP contribution in [-0.4, -0.2) is 18.7 Å². The van der Waals surface area contributed by atoms with E-state index in [2.05, 4.69) is 0 Å². The molecule has 0 spiro atoms. The molecule has 2 rings (SSSR count). The second-order valence-electron chi connectivity index (χ2n) is 5.11. The Kier molecular flexibility index (Phi) is 5.90. The SMILES string of the molecule is CCOC(=O)C(C)Oc1ccc(Oc2ccc(C(F)(F)F)cc2)cc1. The Morgan fingerprint density at radius 3 is 1.92 bits per heavy atom. The van der Waals surface area contributed by atoms with Crippen LogP contribution >= 0.6 is 0 Å². The maximum absolute atomic E-state index is 12.5. The Morgan fingerprint density at radius 2 is 1.44 bits per heavy atom. The zero-order valence-electron chi connectivity index (χ0n) is 13.7. The number of carbonyl (C=O) groups excluding carboxylic acids is 1. The lowest BCUT2D eigenvalue weighted by atomic mass is 10.2. The normalized spacial score (nSPS) is 12.4. The van der Waals surface area contributed by atoms with Crippen LogP contribution in [0, 0.1) is 0 Å². The maximum Gasteiger partial charge on any atom is 0.416 e. The van der Waals surface area contributed by atoms with Gasteiger partial charge in [-0.15, -0.1) is 0 Å². The van der Waals surface area contributed by atoms with Crippen LogP contribution in [0.2, 0.25) is 0 Å². The molecule has 0 radical (unpaired) electrons. The zero-order valence-corrected chi connectivity index (χ0v) is 13.7. The van der Waals surface area contributed by atoms with E-state index in [0.717, 1.165) is 12.1 Å². The van der Waals surface area contributed by atoms with Crippen molar-refractivity contribution in [3.8, 4) is 17.2 Å². The van der Waals surface area contributed by atoms with Gasteiger partial charge in [-0.3, -0.25) is 0 Å². The number of alkyl halides is 3. The van der Waals surface area contributed by atoms with Crippen LogP contribution in [0.15, 0.2) is 48.5 Å². The molecular weight excluding hydrogens is 337 g/mol. The van der Waals surface area contributed by atoms with Gasteiger partial charge in [0.15, 0.2) is 6.10 Å². The van der Waals surface area contributed by atoms with Gasteiger partial charge in [-0.2, -0.15) is 13.2 Å². The number of hydrogen-bond acceptors (Lipinski definition) is 4. The predicted octanol–water partition coefficient (Wildman–Crippen LogP) is 4.83. The third kappa shape index (κ3) is 5.41. The molecule has 0 aliphatic carbocycles. The molecule has 1 unspecified atom stereocenters. The van der Waals surface area contributed by atoms with Gasteiger partial charge in [0, 0.05) is 0 Å². The van der Waals surface area contributed by atoms with Crippen molar-refractivity contribution < 1.29 is 32.2 Å². The predicted molar refractivity (Wildman–Crippen MR) is 84.7 cm³/mol. The van der Waals surface area contributed by atoms with E-state index < -0.39 is 23.8 Å². The van der Waals surface area contributed by atoms with Crippen LogP contribution in [0.4, 0.5) is 13.2 Å². The third-order valence-electron chi connectivity index (χ3n) is 3.17. The molecule has 1 atom stereocenters. The molecule has 0 N–H and O–H groups in total. The fraction of sp³-hybridized carbons (Fsp3) is 0.278. The molecule has 2 aromatic rings. The molecule has 134 valence electrons. The van der Waals surface area contributed by atoms with Gasteiger partial charge in [0.1, 0.15) is 17.2 Å². The minimum Gasteiger partial charge on any atom is -0.479 e. The first kappa shape index (κ1) is 18.6. The minimum atomic E-state index is -4.38. The summed E-state index contributed by atoms with van der Waals surface area (Å²) in [6, 6.07) is 10.8. The molecule has 0 amide bonds. The lowest BCUT2D eigenvalue weighted by molar-refractivity contribution is -0.150. The first-order chi connectivity index (χ1) is 11.8. The molecule has 0 aromatic heterocycles. The summed E-state index contributed by atoms with van der Waals surface area (Å²) in [6.45, 7) is 3.55. The lowest BCUT2D eigenvalue weighted by Gasteiger charge is -2.14. The van der Waals surface area contributed by atoms with Crippen LogP contribution < -0.4 is 9.47 Å². The highest BCUT2D eigenvalue weighted by Gasteiger charge is 2.30. The van der Waals surface area contributed by atoms with Crippen LogP contribution in [0.1, 0.15) is 19.4 Å². The standard InChI is InChI=1S/C18H17F3O4/c1-3-23-17(22)12(2)24-14-8-10-16(11-9-14)25-15-6-4-13(5-7-15)18(19,20)21/h4-12H,3H2,1-2H3. The summed E-state index contributed by atoms with van der Waals surface area (Å²) in [4.78, 5) is 11.5. The molecule has 0 heterocycles. The summed E-state index contributed by atoms with van der Waals surface area (Å²) < 4.78 is 53.3. The maximum atomic E-state index is 12.5. The average molecular weight is 354 g/mol. The van der Waals surface area contributed by atoms with Crippen molar-refractivity contribution in [2.45, 2.75) is 26.1 Å². The molecule has 4 nitrogen and oxygen atoms in total. The van der Waals surface area contributed by atoms with Gasteiger partial charge in [0.25, 0.3) is 0 Å². The highest BCUT2D eigenvalue weighted by Crippen LogP contribution is 2.31. The summed E-state index contributed by atoms with van der Waals surface area (Å²) in [7, 11) is 0. The van der Waals surface area contributed by atoms with Crippen LogP contribution in [0.25, 0.3) is 0 Å². The smallest absolute Gasteiger partial charge is 0.416 e. The largest absolute Gasteiger partial charge is 0.479 e. The topological polar surface area (TPSA) is 44.8 Å². The van der Waals surface area contributed by atoms with Crippen molar-refractivity contribution in [2.24, 2.45) is 0 Å². The number of esters is 1. The average Bonchev–Trinajstić information content (AvgIpc) is 2.56. The van der Waals surface area contributed by atoms with E-state index in [-0.39, 0.29) is 12.4 Å². The van der Waals surface area contributed by atoms with E-state index in [9.17, 15) is 18.0 Å². The van der Waals surface area contributed by atoms with Crippen molar-refractivity contribution in [1.29, 1.82) is 0 Å². The molecule has 0 aliphatic rings. The Balaban J connectivity index is 1.97. The Labute approximate surface area is 143 Å². The summed E-state index contributed by atoms with van der Waals surface area (Å²) in [5.74, 6) is 0.686. The van der Waals surface area contributed by atoms with Gasteiger partial charge in [0.05, 0.1) is 12.2 Å². The van der Waals surface area contributed by atoms with Gasteiger partial charge in [0.2, 0.25) is 0 Å². The monoisotopic (exact) mass is 354 g/mol. The molecule has 0 bridgehead atoms. The van der Waals surface area contributed by atoms with E-state index in [1.54, 1.807) is 38.1 Å². The third-order valence-corrected chi connectivity index (χ3v) is 3.17. The van der Waals surface area contributed by atoms with Gasteiger partial charge in [-0.25, -0.2) is 4.79 Å². The molecule has 25 heavy (non-hydrogen) atoms. The number of halogens is 3. The van der Waals surface area contributed by atoms with Crippen molar-refractivity contribution in [2.75, 3.05) is 6.61 Å². The van der Waals surface area contributed by atoms with Crippen LogP contribution in [-0.2, 0) is 15.7 Å². The van der Waals surface area contributed by atoms with E-state index in [1.807, 2.05) is 0 Å². The highest BCUT2D eigenvalue weighted by molar-refractivity contribution is 5.74. The van der Waals surface area contributed by atoms with Gasteiger partial charge < -0.3 is 14.2 Å². The Hall–Kier alpha value is -2.70. The van der Waals surface area contributed by atoms with Gasteiger partial charge >= 0.3 is 12.1 Å². The minimum absolute atomic E-state index is 0.270. The molecule has 0 saturated heterocycles. The van der Waals surface area contributed by atoms with E-state index in [4.69, 9.17) is 14.2 Å². The molecule has 0 fully saturated rings. The van der Waals surface area contributed by atoms with Crippen molar-refractivity contribution in [1.82, 2.24) is 0 Å². The van der Waals surface area contributed by atoms with Crippen LogP contribution in [0.5, 0.6) is 17.2 Å². The zero-order chi connectivity index (χ0) is 18.4. The van der Waals surface area contributed by atoms with E-state index >= 15 is 0 Å². The second-order valence-corrected chi connectivity index (χ2v) is 5.11. The van der Waals surface area contributed by atoms with E-state index in [0.29, 0.717) is 11.5 Å². The highest BCUT2D eigenvalue weighted by atomic mass is 19.4. The molecule has 0 aliphatic heterocycles. The first-order valence-electron chi connectivity index (χ1n) is 7.58. The Bertz CT molecular complexity index is 694. The fourth-order valence-corrected chi connectivity index (χ4v) is 1.95. The number of ether oxygens (including phenoxy) is 3. The lowest BCUT2D eigenvalue weighted by Crippen LogP contribution is -2.25. The van der Waals surface area contributed by atoms with Gasteiger partial charge in [-0.05, 0) is 62.4 Å². The molecule has 2 aromatic carbocycles. The van der Waals surface area contributed by atoms with E-state index in [1.165, 1.54) is 12.1 Å². The second kappa shape index (κ2) is 7.92. The molecular formula is C18H17F3O4. The number of hydrogen-bond donors (Lipinski definition) is 0. The van der Waals surface area contributed by atoms with Crippen molar-refractivity contribution in [3.63, 3.8) is 0 Å². The summed E-state index contributed by atoms with van der Waals surface area (Å²) in [5, 5.41) is 0. The summed E-state index contributed by atoms with van der Waals surface area (Å²) >= 11 is 0. The quantitative estimate of drug-likeness (QED) is 0.697. The summed E-state index contributed by atoms with van der Waals surface area (Å²) in [5.41, 5.74) is -0.739. The number of rotatable bonds is 6. The van der Waals surface area contributed by atoms with Crippen molar-refractivity contribution >= 4 is 5.97 Å². The van der Waals surface area contributed by atoms with Gasteiger partial charge in [-0.1, -0.05) is 0 Å². The number of benzene rings is 2.